The van der Waals surface area contributed by atoms with Gasteiger partial charge in [-0.2, -0.15) is 0 Å². The predicted molar refractivity (Wildman–Crippen MR) is 79.0 cm³/mol. The molecule has 1 aromatic rings. The Morgan fingerprint density at radius 2 is 2.29 bits per heavy atom. The summed E-state index contributed by atoms with van der Waals surface area (Å²) >= 11 is 9.93. The Labute approximate surface area is 118 Å². The quantitative estimate of drug-likeness (QED) is 0.262. The van der Waals surface area contributed by atoms with Gasteiger partial charge in [0.25, 0.3) is 0 Å². The number of thiocarbonyl (C=S) groups is 1. The summed E-state index contributed by atoms with van der Waals surface area (Å²) in [5.41, 5.74) is 2.13. The van der Waals surface area contributed by atoms with Gasteiger partial charge < -0.3 is 0 Å². The van der Waals surface area contributed by atoms with Crippen molar-refractivity contribution < 1.29 is 4.92 Å². The van der Waals surface area contributed by atoms with Crippen LogP contribution in [0.3, 0.4) is 0 Å². The van der Waals surface area contributed by atoms with Crippen LogP contribution in [0, 0.1) is 10.1 Å². The largest absolute Gasteiger partial charge is 0.265 e. The molecule has 0 saturated carbocycles. The first-order valence-electron chi connectivity index (χ1n) is 5.12. The molecule has 0 aliphatic rings. The van der Waals surface area contributed by atoms with E-state index >= 15 is 0 Å². The molecule has 0 bridgehead atoms. The minimum atomic E-state index is -0.298. The summed E-state index contributed by atoms with van der Waals surface area (Å²) in [6.07, 6.45) is 0.893. The summed E-state index contributed by atoms with van der Waals surface area (Å²) in [7, 11) is 0. The van der Waals surface area contributed by atoms with E-state index in [4.69, 9.17) is 12.2 Å². The van der Waals surface area contributed by atoms with Crippen molar-refractivity contribution in [3.05, 3.63) is 39.4 Å². The van der Waals surface area contributed by atoms with Crippen molar-refractivity contribution in [2.24, 2.45) is 0 Å². The lowest BCUT2D eigenvalue weighted by Gasteiger charge is -2.11. The average molecular weight is 334 g/mol. The van der Waals surface area contributed by atoms with Crippen LogP contribution in [0.15, 0.2) is 23.1 Å². The highest BCUT2D eigenvalue weighted by atomic mass is 79.9. The van der Waals surface area contributed by atoms with Crippen LogP contribution in [-0.4, -0.2) is 21.0 Å². The second kappa shape index (κ2) is 7.08. The van der Waals surface area contributed by atoms with E-state index in [0.717, 1.165) is 16.9 Å². The molecule has 0 fully saturated rings. The molecule has 0 N–H and O–H groups in total. The molecule has 0 heterocycles. The standard InChI is InChI=1S/C11H12BrNO2S2/c1-2-8-4-3-5-9(11(12)16)10(8)17-7-6-13(14)15/h3-5H,2,6-7H2,1H3. The highest BCUT2D eigenvalue weighted by Gasteiger charge is 2.11. The zero-order chi connectivity index (χ0) is 12.8. The third-order valence-corrected chi connectivity index (χ3v) is 4.01. The van der Waals surface area contributed by atoms with Gasteiger partial charge in [0.05, 0.1) is 9.53 Å². The maximum Gasteiger partial charge on any atom is 0.213 e. The van der Waals surface area contributed by atoms with E-state index in [1.807, 2.05) is 18.2 Å². The average Bonchev–Trinajstić information content (AvgIpc) is 2.28. The number of nitrogens with zero attached hydrogens (tertiary/aromatic N) is 1. The monoisotopic (exact) mass is 333 g/mol. The van der Waals surface area contributed by atoms with Crippen LogP contribution in [0.2, 0.25) is 0 Å². The maximum atomic E-state index is 10.3. The Balaban J connectivity index is 2.93. The molecule has 0 unspecified atom stereocenters. The smallest absolute Gasteiger partial charge is 0.213 e. The summed E-state index contributed by atoms with van der Waals surface area (Å²) in [5.74, 6) is 0.465. The number of nitro groups is 1. The van der Waals surface area contributed by atoms with Gasteiger partial charge in [-0.3, -0.25) is 10.1 Å². The summed E-state index contributed by atoms with van der Waals surface area (Å²) < 4.78 is 0.649. The Bertz CT molecular complexity index is 437. The third-order valence-electron chi connectivity index (χ3n) is 2.21. The molecule has 0 aliphatic carbocycles. The highest BCUT2D eigenvalue weighted by Crippen LogP contribution is 2.29. The van der Waals surface area contributed by atoms with Crippen molar-refractivity contribution in [2.45, 2.75) is 18.2 Å². The minimum absolute atomic E-state index is 0.0306. The molecular weight excluding hydrogens is 322 g/mol. The molecule has 0 amide bonds. The number of thioether (sulfide) groups is 1. The molecule has 1 aromatic carbocycles. The van der Waals surface area contributed by atoms with Crippen LogP contribution in [-0.2, 0) is 6.42 Å². The van der Waals surface area contributed by atoms with E-state index in [0.29, 0.717) is 9.53 Å². The SMILES string of the molecule is CCc1cccc(C(=S)Br)c1SCC[N+](=O)[O-]. The molecule has 0 spiro atoms. The second-order valence-electron chi connectivity index (χ2n) is 3.33. The lowest BCUT2D eigenvalue weighted by atomic mass is 10.1. The number of halogens is 1. The van der Waals surface area contributed by atoms with Gasteiger partial charge in [0.2, 0.25) is 6.54 Å². The number of aryl methyl sites for hydroxylation is 1. The number of hydrogen-bond donors (Lipinski definition) is 0. The Hall–Kier alpha value is -0.460. The van der Waals surface area contributed by atoms with Crippen molar-refractivity contribution >= 4 is 43.7 Å². The summed E-state index contributed by atoms with van der Waals surface area (Å²) in [5, 5.41) is 10.3. The van der Waals surface area contributed by atoms with Crippen molar-refractivity contribution in [3.63, 3.8) is 0 Å². The van der Waals surface area contributed by atoms with Crippen LogP contribution < -0.4 is 0 Å². The van der Waals surface area contributed by atoms with E-state index in [1.54, 1.807) is 0 Å². The van der Waals surface area contributed by atoms with Gasteiger partial charge in [-0.05, 0) is 27.9 Å². The molecule has 0 saturated heterocycles. The van der Waals surface area contributed by atoms with Gasteiger partial charge >= 0.3 is 0 Å². The van der Waals surface area contributed by atoms with Gasteiger partial charge in [0.15, 0.2) is 0 Å². The summed E-state index contributed by atoms with van der Waals surface area (Å²) in [6.45, 7) is 2.03. The van der Waals surface area contributed by atoms with Gasteiger partial charge in [-0.1, -0.05) is 37.3 Å². The molecular formula is C11H12BrNO2S2. The van der Waals surface area contributed by atoms with E-state index in [-0.39, 0.29) is 11.5 Å². The van der Waals surface area contributed by atoms with E-state index < -0.39 is 0 Å². The Kier molecular flexibility index (Phi) is 6.08. The number of rotatable bonds is 6. The van der Waals surface area contributed by atoms with Crippen molar-refractivity contribution in [3.8, 4) is 0 Å². The fraction of sp³-hybridized carbons (Fsp3) is 0.364. The molecule has 0 radical (unpaired) electrons. The fourth-order valence-electron chi connectivity index (χ4n) is 1.41. The van der Waals surface area contributed by atoms with E-state index in [1.165, 1.54) is 17.3 Å². The molecule has 6 heteroatoms. The zero-order valence-corrected chi connectivity index (χ0v) is 12.5. The Morgan fingerprint density at radius 1 is 1.59 bits per heavy atom. The van der Waals surface area contributed by atoms with E-state index in [9.17, 15) is 10.1 Å². The van der Waals surface area contributed by atoms with Crippen LogP contribution in [0.4, 0.5) is 0 Å². The maximum absolute atomic E-state index is 10.3. The first-order valence-corrected chi connectivity index (χ1v) is 7.31. The fourth-order valence-corrected chi connectivity index (χ4v) is 3.27. The Morgan fingerprint density at radius 3 is 2.82 bits per heavy atom. The lowest BCUT2D eigenvalue weighted by Crippen LogP contribution is -2.04. The molecule has 3 nitrogen and oxygen atoms in total. The highest BCUT2D eigenvalue weighted by molar-refractivity contribution is 9.20. The first kappa shape index (κ1) is 14.6. The van der Waals surface area contributed by atoms with Gasteiger partial charge in [0, 0.05) is 15.4 Å². The molecule has 0 aromatic heterocycles. The topological polar surface area (TPSA) is 43.1 Å². The zero-order valence-electron chi connectivity index (χ0n) is 9.31. The number of hydrogen-bond acceptors (Lipinski definition) is 4. The molecule has 92 valence electrons. The van der Waals surface area contributed by atoms with Crippen molar-refractivity contribution in [1.82, 2.24) is 0 Å². The van der Waals surface area contributed by atoms with Gasteiger partial charge in [-0.15, -0.1) is 11.8 Å². The molecule has 17 heavy (non-hydrogen) atoms. The van der Waals surface area contributed by atoms with Gasteiger partial charge in [0.1, 0.15) is 0 Å². The normalized spacial score (nSPS) is 10.2. The van der Waals surface area contributed by atoms with Crippen LogP contribution in [0.5, 0.6) is 0 Å². The molecule has 1 rings (SSSR count). The second-order valence-corrected chi connectivity index (χ2v) is 6.16. The summed E-state index contributed by atoms with van der Waals surface area (Å²) in [6, 6.07) is 5.92. The van der Waals surface area contributed by atoms with Crippen LogP contribution in [0.1, 0.15) is 18.1 Å². The first-order chi connectivity index (χ1) is 8.06. The van der Waals surface area contributed by atoms with Crippen LogP contribution >= 0.6 is 39.9 Å². The van der Waals surface area contributed by atoms with Crippen molar-refractivity contribution in [2.75, 3.05) is 12.3 Å². The summed E-state index contributed by atoms with van der Waals surface area (Å²) in [4.78, 5) is 11.1. The van der Waals surface area contributed by atoms with Crippen molar-refractivity contribution in [1.29, 1.82) is 0 Å². The predicted octanol–water partition coefficient (Wildman–Crippen LogP) is 3.69. The van der Waals surface area contributed by atoms with E-state index in [2.05, 4.69) is 22.9 Å². The van der Waals surface area contributed by atoms with Crippen LogP contribution in [0.25, 0.3) is 0 Å². The lowest BCUT2D eigenvalue weighted by molar-refractivity contribution is -0.474. The van der Waals surface area contributed by atoms with Gasteiger partial charge in [-0.25, -0.2) is 0 Å². The minimum Gasteiger partial charge on any atom is -0.265 e. The number of benzene rings is 1. The third kappa shape index (κ3) is 4.37. The molecule has 0 atom stereocenters. The molecule has 0 aliphatic heterocycles.